The Bertz CT molecular complexity index is 181. The Kier molecular flexibility index (Phi) is 4.67. The van der Waals surface area contributed by atoms with Gasteiger partial charge in [0, 0.05) is 0 Å². The average Bonchev–Trinajstić information content (AvgIpc) is 2.07. The van der Waals surface area contributed by atoms with E-state index in [1.807, 2.05) is 0 Å². The summed E-state index contributed by atoms with van der Waals surface area (Å²) in [5, 5.41) is 0. The Morgan fingerprint density at radius 2 is 1.91 bits per heavy atom. The molecule has 0 bridgehead atoms. The standard InChI is InChI=1S/C6H5.C4H9.Sn/c1-2-4-6-5-3-1;1-3-4-2;/h1-5H;1,3-4H2,2H3;. The Morgan fingerprint density at radius 3 is 2.55 bits per heavy atom. The van der Waals surface area contributed by atoms with E-state index in [1.165, 1.54) is 17.3 Å². The van der Waals surface area contributed by atoms with Crippen molar-refractivity contribution in [2.75, 3.05) is 0 Å². The van der Waals surface area contributed by atoms with Crippen LogP contribution in [0.5, 0.6) is 0 Å². The van der Waals surface area contributed by atoms with Gasteiger partial charge in [-0.15, -0.1) is 0 Å². The van der Waals surface area contributed by atoms with Crippen LogP contribution in [0.4, 0.5) is 0 Å². The second-order valence-electron chi connectivity index (χ2n) is 2.65. The summed E-state index contributed by atoms with van der Waals surface area (Å²) in [6.07, 6.45) is 2.79. The quantitative estimate of drug-likeness (QED) is 0.570. The molecule has 0 aliphatic carbocycles. The summed E-state index contributed by atoms with van der Waals surface area (Å²) < 4.78 is 3.15. The average molecular weight is 253 g/mol. The molecule has 0 saturated carbocycles. The fourth-order valence-electron chi connectivity index (χ4n) is 0.966. The molecule has 0 N–H and O–H groups in total. The van der Waals surface area contributed by atoms with Gasteiger partial charge in [0.05, 0.1) is 0 Å². The first-order valence-corrected chi connectivity index (χ1v) is 7.67. The second-order valence-corrected chi connectivity index (χ2v) is 6.73. The van der Waals surface area contributed by atoms with E-state index < -0.39 is 0 Å². The van der Waals surface area contributed by atoms with E-state index >= 15 is 0 Å². The third kappa shape index (κ3) is 3.80. The van der Waals surface area contributed by atoms with Gasteiger partial charge >= 0.3 is 79.3 Å². The monoisotopic (exact) mass is 254 g/mol. The molecule has 0 aliphatic rings. The molecule has 58 valence electrons. The summed E-state index contributed by atoms with van der Waals surface area (Å²) in [4.78, 5) is 0. The van der Waals surface area contributed by atoms with E-state index in [4.69, 9.17) is 0 Å². The molecule has 0 aromatic heterocycles. The maximum absolute atomic E-state index is 2.28. The molecule has 0 spiro atoms. The van der Waals surface area contributed by atoms with E-state index in [-0.39, 0.29) is 21.1 Å². The predicted molar refractivity (Wildman–Crippen MR) is 51.5 cm³/mol. The molecule has 1 aromatic rings. The molecule has 0 saturated heterocycles. The van der Waals surface area contributed by atoms with E-state index in [0.29, 0.717) is 0 Å². The Hall–Kier alpha value is 0.0187. The Labute approximate surface area is 79.2 Å². The number of hydrogen-bond donors (Lipinski definition) is 0. The summed E-state index contributed by atoms with van der Waals surface area (Å²) in [7, 11) is 0. The topological polar surface area (TPSA) is 0 Å². The van der Waals surface area contributed by atoms with Crippen LogP contribution in [0.3, 0.4) is 0 Å². The van der Waals surface area contributed by atoms with Gasteiger partial charge in [-0.25, -0.2) is 0 Å². The van der Waals surface area contributed by atoms with Crippen LogP contribution in [0.25, 0.3) is 0 Å². The fourth-order valence-corrected chi connectivity index (χ4v) is 4.53. The van der Waals surface area contributed by atoms with Gasteiger partial charge in [0.25, 0.3) is 0 Å². The molecule has 0 fully saturated rings. The zero-order chi connectivity index (χ0) is 7.94. The van der Waals surface area contributed by atoms with Gasteiger partial charge < -0.3 is 0 Å². The van der Waals surface area contributed by atoms with Crippen molar-refractivity contribution in [1.29, 1.82) is 0 Å². The molecule has 0 atom stereocenters. The van der Waals surface area contributed by atoms with Gasteiger partial charge in [-0.1, -0.05) is 0 Å². The molecule has 2 radical (unpaired) electrons. The molecule has 1 heteroatoms. The normalized spacial score (nSPS) is 9.91. The van der Waals surface area contributed by atoms with Gasteiger partial charge in [0.15, 0.2) is 0 Å². The van der Waals surface area contributed by atoms with Gasteiger partial charge in [-0.05, 0) is 0 Å². The predicted octanol–water partition coefficient (Wildman–Crippen LogP) is 2.23. The molecular weight excluding hydrogens is 239 g/mol. The fraction of sp³-hybridized carbons (Fsp3) is 0.400. The molecule has 0 nitrogen and oxygen atoms in total. The Morgan fingerprint density at radius 1 is 1.18 bits per heavy atom. The summed E-state index contributed by atoms with van der Waals surface area (Å²) in [5.74, 6) is 0. The van der Waals surface area contributed by atoms with Crippen LogP contribution in [0.2, 0.25) is 4.44 Å². The number of benzene rings is 1. The van der Waals surface area contributed by atoms with Crippen molar-refractivity contribution in [3.8, 4) is 0 Å². The van der Waals surface area contributed by atoms with Crippen LogP contribution < -0.4 is 3.58 Å². The van der Waals surface area contributed by atoms with E-state index in [2.05, 4.69) is 37.3 Å². The molecule has 0 amide bonds. The van der Waals surface area contributed by atoms with Crippen molar-refractivity contribution < 1.29 is 0 Å². The van der Waals surface area contributed by atoms with Gasteiger partial charge in [0.2, 0.25) is 0 Å². The third-order valence-electron chi connectivity index (χ3n) is 1.63. The first kappa shape index (κ1) is 9.11. The van der Waals surface area contributed by atoms with Crippen molar-refractivity contribution in [3.05, 3.63) is 30.3 Å². The first-order valence-electron chi connectivity index (χ1n) is 4.22. The van der Waals surface area contributed by atoms with Crippen molar-refractivity contribution >= 4 is 24.7 Å². The van der Waals surface area contributed by atoms with Gasteiger partial charge in [0.1, 0.15) is 0 Å². The van der Waals surface area contributed by atoms with E-state index in [9.17, 15) is 0 Å². The van der Waals surface area contributed by atoms with Gasteiger partial charge in [-0.2, -0.15) is 0 Å². The minimum absolute atomic E-state index is 0.184. The van der Waals surface area contributed by atoms with Crippen molar-refractivity contribution in [2.24, 2.45) is 0 Å². The van der Waals surface area contributed by atoms with Crippen LogP contribution >= 0.6 is 0 Å². The SMILES string of the molecule is CCC[CH2][Sn][c]1ccccc1. The van der Waals surface area contributed by atoms with Gasteiger partial charge in [-0.3, -0.25) is 0 Å². The molecular formula is C10H14Sn. The number of rotatable bonds is 4. The molecule has 1 rings (SSSR count). The van der Waals surface area contributed by atoms with Crippen LogP contribution in [0.1, 0.15) is 19.8 Å². The molecule has 11 heavy (non-hydrogen) atoms. The molecule has 1 aromatic carbocycles. The third-order valence-corrected chi connectivity index (χ3v) is 5.47. The summed E-state index contributed by atoms with van der Waals surface area (Å²) in [5.41, 5.74) is 0. The minimum atomic E-state index is -0.184. The number of unbranched alkanes of at least 4 members (excludes halogenated alkanes) is 1. The van der Waals surface area contributed by atoms with Crippen LogP contribution in [0, 0.1) is 0 Å². The first-order chi connectivity index (χ1) is 5.43. The zero-order valence-corrected chi connectivity index (χ0v) is 9.86. The van der Waals surface area contributed by atoms with Crippen molar-refractivity contribution in [2.45, 2.75) is 24.2 Å². The van der Waals surface area contributed by atoms with Crippen LogP contribution in [-0.4, -0.2) is 21.1 Å². The molecule has 0 unspecified atom stereocenters. The second kappa shape index (κ2) is 5.64. The zero-order valence-electron chi connectivity index (χ0n) is 7.01. The van der Waals surface area contributed by atoms with Crippen molar-refractivity contribution in [1.82, 2.24) is 0 Å². The van der Waals surface area contributed by atoms with E-state index in [1.54, 1.807) is 3.58 Å². The maximum atomic E-state index is 2.28. The molecule has 0 aliphatic heterocycles. The van der Waals surface area contributed by atoms with Crippen LogP contribution in [0.15, 0.2) is 30.3 Å². The number of hydrogen-bond acceptors (Lipinski definition) is 0. The van der Waals surface area contributed by atoms with Crippen molar-refractivity contribution in [3.63, 3.8) is 0 Å². The van der Waals surface area contributed by atoms with Crippen LogP contribution in [-0.2, 0) is 0 Å². The van der Waals surface area contributed by atoms with E-state index in [0.717, 1.165) is 0 Å². The summed E-state index contributed by atoms with van der Waals surface area (Å²) in [6.45, 7) is 2.27. The Balaban J connectivity index is 2.28. The summed E-state index contributed by atoms with van der Waals surface area (Å²) >= 11 is -0.184. The summed E-state index contributed by atoms with van der Waals surface area (Å²) in [6, 6.07) is 11.0. The molecule has 0 heterocycles.